The molecular formula is C14H25N5. The number of piperidine rings is 1. The van der Waals surface area contributed by atoms with Gasteiger partial charge < -0.3 is 15.5 Å². The molecule has 0 spiro atoms. The molecule has 1 aromatic rings. The second-order valence-corrected chi connectivity index (χ2v) is 5.05. The summed E-state index contributed by atoms with van der Waals surface area (Å²) in [6, 6.07) is 1.98. The number of hydrogen-bond acceptors (Lipinski definition) is 5. The fourth-order valence-electron chi connectivity index (χ4n) is 2.46. The van der Waals surface area contributed by atoms with Crippen LogP contribution in [0.1, 0.15) is 32.0 Å². The molecule has 0 amide bonds. The third kappa shape index (κ3) is 4.67. The predicted molar refractivity (Wildman–Crippen MR) is 79.7 cm³/mol. The Hall–Kier alpha value is -1.36. The van der Waals surface area contributed by atoms with Crippen LogP contribution in [-0.4, -0.2) is 47.6 Å². The summed E-state index contributed by atoms with van der Waals surface area (Å²) in [7, 11) is 0. The zero-order valence-corrected chi connectivity index (χ0v) is 12.1. The van der Waals surface area contributed by atoms with Crippen molar-refractivity contribution in [3.63, 3.8) is 0 Å². The Morgan fingerprint density at radius 3 is 2.47 bits per heavy atom. The lowest BCUT2D eigenvalue weighted by atomic mass is 10.1. The smallest absolute Gasteiger partial charge is 0.131 e. The average molecular weight is 263 g/mol. The minimum atomic E-state index is 0.805. The van der Waals surface area contributed by atoms with Crippen LogP contribution in [0.25, 0.3) is 0 Å². The van der Waals surface area contributed by atoms with Crippen molar-refractivity contribution in [1.82, 2.24) is 14.9 Å². The van der Waals surface area contributed by atoms with E-state index in [2.05, 4.69) is 32.4 Å². The van der Waals surface area contributed by atoms with Gasteiger partial charge in [0.2, 0.25) is 0 Å². The first kappa shape index (κ1) is 14.1. The molecule has 0 bridgehead atoms. The van der Waals surface area contributed by atoms with Gasteiger partial charge in [0.1, 0.15) is 17.5 Å². The number of rotatable bonds is 6. The maximum atomic E-state index is 4.42. The summed E-state index contributed by atoms with van der Waals surface area (Å²) < 4.78 is 0. The summed E-state index contributed by atoms with van der Waals surface area (Å²) in [5, 5.41) is 6.63. The molecule has 0 atom stereocenters. The van der Waals surface area contributed by atoms with E-state index in [1.54, 1.807) is 0 Å². The van der Waals surface area contributed by atoms with Gasteiger partial charge in [0, 0.05) is 25.7 Å². The molecular weight excluding hydrogens is 238 g/mol. The van der Waals surface area contributed by atoms with Crippen LogP contribution in [0.3, 0.4) is 0 Å². The molecule has 1 aliphatic rings. The molecule has 2 rings (SSSR count). The third-order valence-electron chi connectivity index (χ3n) is 3.38. The number of likely N-dealkylation sites (tertiary alicyclic amines) is 1. The van der Waals surface area contributed by atoms with Crippen LogP contribution in [0.5, 0.6) is 0 Å². The van der Waals surface area contributed by atoms with Crippen LogP contribution in [0.4, 0.5) is 11.6 Å². The van der Waals surface area contributed by atoms with E-state index in [-0.39, 0.29) is 0 Å². The molecule has 1 saturated heterocycles. The van der Waals surface area contributed by atoms with Gasteiger partial charge in [0.05, 0.1) is 0 Å². The molecule has 1 aromatic heterocycles. The van der Waals surface area contributed by atoms with Crippen molar-refractivity contribution in [2.45, 2.75) is 33.1 Å². The van der Waals surface area contributed by atoms with Crippen molar-refractivity contribution in [2.75, 3.05) is 43.4 Å². The Balaban J connectivity index is 1.81. The van der Waals surface area contributed by atoms with Crippen LogP contribution in [0, 0.1) is 6.92 Å². The molecule has 2 N–H and O–H groups in total. The third-order valence-corrected chi connectivity index (χ3v) is 3.38. The summed E-state index contributed by atoms with van der Waals surface area (Å²) in [5.41, 5.74) is 0. The van der Waals surface area contributed by atoms with E-state index in [9.17, 15) is 0 Å². The number of anilines is 2. The normalized spacial score (nSPS) is 16.3. The lowest BCUT2D eigenvalue weighted by molar-refractivity contribution is 0.237. The van der Waals surface area contributed by atoms with Crippen LogP contribution in [0.15, 0.2) is 6.07 Å². The van der Waals surface area contributed by atoms with E-state index >= 15 is 0 Å². The summed E-state index contributed by atoms with van der Waals surface area (Å²) in [6.45, 7) is 9.41. The van der Waals surface area contributed by atoms with E-state index in [0.717, 1.165) is 37.1 Å². The fourth-order valence-corrected chi connectivity index (χ4v) is 2.46. The Morgan fingerprint density at radius 1 is 1.11 bits per heavy atom. The Bertz CT molecular complexity index is 387. The topological polar surface area (TPSA) is 53.1 Å². The summed E-state index contributed by atoms with van der Waals surface area (Å²) >= 11 is 0. The van der Waals surface area contributed by atoms with Gasteiger partial charge in [-0.3, -0.25) is 0 Å². The van der Waals surface area contributed by atoms with E-state index in [0.29, 0.717) is 0 Å². The maximum Gasteiger partial charge on any atom is 0.131 e. The SMILES string of the molecule is CCNc1cc(NCCN2CCCCC2)nc(C)n1. The number of aromatic nitrogens is 2. The highest BCUT2D eigenvalue weighted by molar-refractivity contribution is 5.47. The molecule has 2 heterocycles. The lowest BCUT2D eigenvalue weighted by Crippen LogP contribution is -2.33. The molecule has 5 heteroatoms. The maximum absolute atomic E-state index is 4.42. The van der Waals surface area contributed by atoms with Crippen LogP contribution in [0.2, 0.25) is 0 Å². The molecule has 0 saturated carbocycles. The van der Waals surface area contributed by atoms with Gasteiger partial charge in [0.25, 0.3) is 0 Å². The Labute approximate surface area is 115 Å². The molecule has 0 radical (unpaired) electrons. The number of nitrogens with zero attached hydrogens (tertiary/aromatic N) is 3. The van der Waals surface area contributed by atoms with Crippen molar-refractivity contribution in [1.29, 1.82) is 0 Å². The first-order chi connectivity index (χ1) is 9.28. The number of nitrogens with one attached hydrogen (secondary N) is 2. The van der Waals surface area contributed by atoms with Gasteiger partial charge >= 0.3 is 0 Å². The number of aryl methyl sites for hydroxylation is 1. The van der Waals surface area contributed by atoms with Crippen molar-refractivity contribution in [2.24, 2.45) is 0 Å². The van der Waals surface area contributed by atoms with Crippen LogP contribution >= 0.6 is 0 Å². The second-order valence-electron chi connectivity index (χ2n) is 5.05. The molecule has 0 unspecified atom stereocenters. The first-order valence-electron chi connectivity index (χ1n) is 7.33. The lowest BCUT2D eigenvalue weighted by Gasteiger charge is -2.26. The monoisotopic (exact) mass is 263 g/mol. The van der Waals surface area contributed by atoms with Crippen molar-refractivity contribution in [3.05, 3.63) is 11.9 Å². The highest BCUT2D eigenvalue weighted by Gasteiger charge is 2.09. The number of hydrogen-bond donors (Lipinski definition) is 2. The van der Waals surface area contributed by atoms with Crippen molar-refractivity contribution >= 4 is 11.6 Å². The minimum Gasteiger partial charge on any atom is -0.370 e. The van der Waals surface area contributed by atoms with Gasteiger partial charge in [0.15, 0.2) is 0 Å². The molecule has 0 aromatic carbocycles. The fraction of sp³-hybridized carbons (Fsp3) is 0.714. The molecule has 1 aliphatic heterocycles. The van der Waals surface area contributed by atoms with Crippen molar-refractivity contribution in [3.8, 4) is 0 Å². The largest absolute Gasteiger partial charge is 0.370 e. The Kier molecular flexibility index (Phi) is 5.39. The van der Waals surface area contributed by atoms with Crippen LogP contribution in [-0.2, 0) is 0 Å². The first-order valence-corrected chi connectivity index (χ1v) is 7.33. The van der Waals surface area contributed by atoms with Gasteiger partial charge in [-0.25, -0.2) is 9.97 Å². The Morgan fingerprint density at radius 2 is 1.79 bits per heavy atom. The van der Waals surface area contributed by atoms with Gasteiger partial charge in [-0.15, -0.1) is 0 Å². The minimum absolute atomic E-state index is 0.805. The highest BCUT2D eigenvalue weighted by Crippen LogP contribution is 2.11. The second kappa shape index (κ2) is 7.28. The van der Waals surface area contributed by atoms with E-state index in [4.69, 9.17) is 0 Å². The molecule has 5 nitrogen and oxygen atoms in total. The zero-order valence-electron chi connectivity index (χ0n) is 12.1. The zero-order chi connectivity index (χ0) is 13.5. The van der Waals surface area contributed by atoms with E-state index in [1.165, 1.54) is 32.4 Å². The molecule has 19 heavy (non-hydrogen) atoms. The molecule has 1 fully saturated rings. The molecule has 106 valence electrons. The quantitative estimate of drug-likeness (QED) is 0.823. The summed E-state index contributed by atoms with van der Waals surface area (Å²) in [4.78, 5) is 11.3. The van der Waals surface area contributed by atoms with E-state index in [1.807, 2.05) is 13.0 Å². The van der Waals surface area contributed by atoms with E-state index < -0.39 is 0 Å². The summed E-state index contributed by atoms with van der Waals surface area (Å²) in [6.07, 6.45) is 4.08. The average Bonchev–Trinajstić information content (AvgIpc) is 2.40. The van der Waals surface area contributed by atoms with Gasteiger partial charge in [-0.05, 0) is 39.8 Å². The predicted octanol–water partition coefficient (Wildman–Crippen LogP) is 2.11. The summed E-state index contributed by atoms with van der Waals surface area (Å²) in [5.74, 6) is 2.62. The van der Waals surface area contributed by atoms with Gasteiger partial charge in [-0.2, -0.15) is 0 Å². The van der Waals surface area contributed by atoms with Gasteiger partial charge in [-0.1, -0.05) is 6.42 Å². The van der Waals surface area contributed by atoms with Crippen LogP contribution < -0.4 is 10.6 Å². The highest BCUT2D eigenvalue weighted by atomic mass is 15.2. The van der Waals surface area contributed by atoms with Crippen molar-refractivity contribution < 1.29 is 0 Å². The standard InChI is InChI=1S/C14H25N5/c1-3-15-13-11-14(18-12(2)17-13)16-7-10-19-8-5-4-6-9-19/h11H,3-10H2,1-2H3,(H2,15,16,17,18). The molecule has 0 aliphatic carbocycles.